The highest BCUT2D eigenvalue weighted by atomic mass is 19.4. The van der Waals surface area contributed by atoms with Crippen molar-refractivity contribution in [1.82, 2.24) is 4.98 Å². The fourth-order valence-electron chi connectivity index (χ4n) is 2.31. The van der Waals surface area contributed by atoms with Gasteiger partial charge in [0.15, 0.2) is 0 Å². The molecular weight excluding hydrogens is 325 g/mol. The number of alkyl halides is 3. The molecule has 0 aliphatic heterocycles. The van der Waals surface area contributed by atoms with Crippen molar-refractivity contribution in [3.8, 4) is 22.5 Å². The van der Waals surface area contributed by atoms with E-state index in [1.807, 2.05) is 0 Å². The van der Waals surface area contributed by atoms with Gasteiger partial charge in [-0.05, 0) is 36.4 Å². The van der Waals surface area contributed by atoms with Crippen molar-refractivity contribution in [3.63, 3.8) is 0 Å². The maximum Gasteiger partial charge on any atom is 0.416 e. The van der Waals surface area contributed by atoms with E-state index in [0.29, 0.717) is 0 Å². The first-order valence-electron chi connectivity index (χ1n) is 6.95. The van der Waals surface area contributed by atoms with Crippen LogP contribution in [0, 0.1) is 11.6 Å². The van der Waals surface area contributed by atoms with Crippen LogP contribution in [-0.4, -0.2) is 4.98 Å². The van der Waals surface area contributed by atoms with Crippen molar-refractivity contribution in [2.45, 2.75) is 6.18 Å². The zero-order valence-electron chi connectivity index (χ0n) is 12.1. The van der Waals surface area contributed by atoms with Gasteiger partial charge in [0.25, 0.3) is 0 Å². The van der Waals surface area contributed by atoms with Crippen LogP contribution in [0.15, 0.2) is 60.7 Å². The van der Waals surface area contributed by atoms with Gasteiger partial charge in [-0.15, -0.1) is 0 Å². The summed E-state index contributed by atoms with van der Waals surface area (Å²) in [6.07, 6.45) is -4.66. The molecule has 6 heteroatoms. The maximum absolute atomic E-state index is 13.9. The van der Waals surface area contributed by atoms with E-state index < -0.39 is 23.4 Å². The number of hydrogen-bond acceptors (Lipinski definition) is 1. The molecule has 0 radical (unpaired) electrons. The van der Waals surface area contributed by atoms with Gasteiger partial charge in [0.05, 0.1) is 17.0 Å². The molecule has 2 aromatic carbocycles. The number of rotatable bonds is 2. The van der Waals surface area contributed by atoms with Gasteiger partial charge in [0.1, 0.15) is 11.6 Å². The quantitative estimate of drug-likeness (QED) is 0.546. The van der Waals surface area contributed by atoms with E-state index in [1.54, 1.807) is 0 Å². The van der Waals surface area contributed by atoms with Crippen LogP contribution in [0.3, 0.4) is 0 Å². The molecule has 1 nitrogen and oxygen atoms in total. The molecule has 0 amide bonds. The summed E-state index contributed by atoms with van der Waals surface area (Å²) in [6, 6.07) is 12.2. The number of aromatic nitrogens is 1. The van der Waals surface area contributed by atoms with E-state index in [9.17, 15) is 22.0 Å². The molecule has 0 saturated carbocycles. The lowest BCUT2D eigenvalue weighted by atomic mass is 10.0. The van der Waals surface area contributed by atoms with Gasteiger partial charge >= 0.3 is 6.18 Å². The largest absolute Gasteiger partial charge is 0.416 e. The molecular formula is C18H10F5N. The van der Waals surface area contributed by atoms with E-state index in [4.69, 9.17) is 0 Å². The standard InChI is InChI=1S/C18H10F5N/c19-14-7-3-1-5-12(14)16-9-11(18(21,22)23)10-17(24-16)13-6-2-4-8-15(13)20/h1-10H. The molecule has 0 aliphatic rings. The molecule has 0 saturated heterocycles. The van der Waals surface area contributed by atoms with Crippen LogP contribution >= 0.6 is 0 Å². The SMILES string of the molecule is Fc1ccccc1-c1cc(C(F)(F)F)cc(-c2ccccc2F)n1. The summed E-state index contributed by atoms with van der Waals surface area (Å²) in [7, 11) is 0. The van der Waals surface area contributed by atoms with Crippen LogP contribution in [-0.2, 0) is 6.18 Å². The van der Waals surface area contributed by atoms with Crippen LogP contribution in [0.1, 0.15) is 5.56 Å². The molecule has 122 valence electrons. The van der Waals surface area contributed by atoms with Crippen molar-refractivity contribution < 1.29 is 22.0 Å². The minimum Gasteiger partial charge on any atom is -0.248 e. The molecule has 0 unspecified atom stereocenters. The van der Waals surface area contributed by atoms with E-state index in [2.05, 4.69) is 4.98 Å². The Morgan fingerprint density at radius 3 is 1.46 bits per heavy atom. The van der Waals surface area contributed by atoms with Gasteiger partial charge in [-0.3, -0.25) is 0 Å². The Morgan fingerprint density at radius 1 is 0.667 bits per heavy atom. The van der Waals surface area contributed by atoms with E-state index >= 15 is 0 Å². The summed E-state index contributed by atoms with van der Waals surface area (Å²) in [5.41, 5.74) is -1.60. The molecule has 1 aromatic heterocycles. The number of halogens is 5. The molecule has 0 bridgehead atoms. The summed E-state index contributed by atoms with van der Waals surface area (Å²) in [4.78, 5) is 4.03. The molecule has 3 aromatic rings. The first-order chi connectivity index (χ1) is 11.4. The molecule has 1 heterocycles. The minimum absolute atomic E-state index is 0.0822. The summed E-state index contributed by atoms with van der Waals surface area (Å²) < 4.78 is 67.3. The minimum atomic E-state index is -4.66. The Balaban J connectivity index is 2.26. The Morgan fingerprint density at radius 2 is 1.08 bits per heavy atom. The van der Waals surface area contributed by atoms with Crippen LogP contribution < -0.4 is 0 Å². The van der Waals surface area contributed by atoms with Crippen LogP contribution in [0.2, 0.25) is 0 Å². The van der Waals surface area contributed by atoms with Crippen molar-refractivity contribution in [3.05, 3.63) is 77.9 Å². The van der Waals surface area contributed by atoms with Gasteiger partial charge in [0.2, 0.25) is 0 Å². The second-order valence-electron chi connectivity index (χ2n) is 5.08. The second kappa shape index (κ2) is 6.03. The molecule has 24 heavy (non-hydrogen) atoms. The van der Waals surface area contributed by atoms with Gasteiger partial charge in [-0.1, -0.05) is 24.3 Å². The normalized spacial score (nSPS) is 11.5. The average molecular weight is 335 g/mol. The zero-order valence-corrected chi connectivity index (χ0v) is 12.1. The fourth-order valence-corrected chi connectivity index (χ4v) is 2.31. The monoisotopic (exact) mass is 335 g/mol. The number of hydrogen-bond donors (Lipinski definition) is 0. The van der Waals surface area contributed by atoms with Gasteiger partial charge in [-0.2, -0.15) is 13.2 Å². The third-order valence-corrected chi connectivity index (χ3v) is 3.45. The summed E-state index contributed by atoms with van der Waals surface area (Å²) in [6.45, 7) is 0. The Kier molecular flexibility index (Phi) is 4.05. The smallest absolute Gasteiger partial charge is 0.248 e. The van der Waals surface area contributed by atoms with Crippen molar-refractivity contribution in [2.75, 3.05) is 0 Å². The topological polar surface area (TPSA) is 12.9 Å². The van der Waals surface area contributed by atoms with Gasteiger partial charge in [-0.25, -0.2) is 13.8 Å². The number of benzene rings is 2. The summed E-state index contributed by atoms with van der Waals surface area (Å²) in [5, 5.41) is 0. The third-order valence-electron chi connectivity index (χ3n) is 3.45. The lowest BCUT2D eigenvalue weighted by molar-refractivity contribution is -0.137. The second-order valence-corrected chi connectivity index (χ2v) is 5.08. The lowest BCUT2D eigenvalue weighted by Crippen LogP contribution is -2.07. The molecule has 0 fully saturated rings. The first-order valence-corrected chi connectivity index (χ1v) is 6.95. The molecule has 0 spiro atoms. The Bertz CT molecular complexity index is 823. The molecule has 3 rings (SSSR count). The van der Waals surface area contributed by atoms with Crippen molar-refractivity contribution in [2.24, 2.45) is 0 Å². The van der Waals surface area contributed by atoms with E-state index in [1.165, 1.54) is 36.4 Å². The predicted molar refractivity (Wildman–Crippen MR) is 80.0 cm³/mol. The van der Waals surface area contributed by atoms with E-state index in [0.717, 1.165) is 24.3 Å². The van der Waals surface area contributed by atoms with Gasteiger partial charge in [0, 0.05) is 11.1 Å². The highest BCUT2D eigenvalue weighted by Crippen LogP contribution is 2.35. The highest BCUT2D eigenvalue weighted by molar-refractivity contribution is 5.68. The zero-order chi connectivity index (χ0) is 17.3. The van der Waals surface area contributed by atoms with Crippen LogP contribution in [0.5, 0.6) is 0 Å². The lowest BCUT2D eigenvalue weighted by Gasteiger charge is -2.12. The third kappa shape index (κ3) is 3.13. The van der Waals surface area contributed by atoms with Crippen LogP contribution in [0.25, 0.3) is 22.5 Å². The summed E-state index contributed by atoms with van der Waals surface area (Å²) in [5.74, 6) is -1.41. The fraction of sp³-hybridized carbons (Fsp3) is 0.0556. The molecule has 0 N–H and O–H groups in total. The van der Waals surface area contributed by atoms with Crippen molar-refractivity contribution in [1.29, 1.82) is 0 Å². The molecule has 0 aliphatic carbocycles. The predicted octanol–water partition coefficient (Wildman–Crippen LogP) is 5.71. The van der Waals surface area contributed by atoms with Crippen molar-refractivity contribution >= 4 is 0 Å². The maximum atomic E-state index is 13.9. The summed E-state index contributed by atoms with van der Waals surface area (Å²) >= 11 is 0. The van der Waals surface area contributed by atoms with Crippen LogP contribution in [0.4, 0.5) is 22.0 Å². The first kappa shape index (κ1) is 16.1. The highest BCUT2D eigenvalue weighted by Gasteiger charge is 2.32. The van der Waals surface area contributed by atoms with E-state index in [-0.39, 0.29) is 22.5 Å². The number of nitrogens with zero attached hydrogens (tertiary/aromatic N) is 1. The Hall–Kier alpha value is -2.76. The Labute approximate surface area is 134 Å². The van der Waals surface area contributed by atoms with Gasteiger partial charge < -0.3 is 0 Å². The molecule has 0 atom stereocenters. The average Bonchev–Trinajstić information content (AvgIpc) is 2.54. The number of pyridine rings is 1.